The van der Waals surface area contributed by atoms with Gasteiger partial charge >= 0.3 is 0 Å². The van der Waals surface area contributed by atoms with E-state index in [1.54, 1.807) is 53.4 Å². The molecule has 1 N–H and O–H groups in total. The molecule has 3 aromatic carbocycles. The summed E-state index contributed by atoms with van der Waals surface area (Å²) in [5.74, 6) is -1.15. The molecular formula is C24H20Cl2FN3O2. The summed E-state index contributed by atoms with van der Waals surface area (Å²) in [6.45, 7) is 1.92. The summed E-state index contributed by atoms with van der Waals surface area (Å²) in [5, 5.41) is 3.87. The molecule has 1 aliphatic rings. The number of carbonyl (C=O) groups is 2. The van der Waals surface area contributed by atoms with Crippen molar-refractivity contribution in [2.24, 2.45) is 0 Å². The number of anilines is 2. The Labute approximate surface area is 195 Å². The van der Waals surface area contributed by atoms with Crippen LogP contribution in [0.4, 0.5) is 15.8 Å². The van der Waals surface area contributed by atoms with E-state index in [-0.39, 0.29) is 17.4 Å². The highest BCUT2D eigenvalue weighted by molar-refractivity contribution is 6.31. The van der Waals surface area contributed by atoms with Gasteiger partial charge in [0, 0.05) is 41.8 Å². The number of nitrogens with one attached hydrogen (secondary N) is 1. The first-order valence-electron chi connectivity index (χ1n) is 10.1. The third-order valence-corrected chi connectivity index (χ3v) is 5.78. The minimum Gasteiger partial charge on any atom is -0.366 e. The van der Waals surface area contributed by atoms with Crippen LogP contribution in [0.3, 0.4) is 0 Å². The van der Waals surface area contributed by atoms with Gasteiger partial charge in [-0.1, -0.05) is 41.4 Å². The lowest BCUT2D eigenvalue weighted by Crippen LogP contribution is -2.49. The van der Waals surface area contributed by atoms with Crippen molar-refractivity contribution in [3.63, 3.8) is 0 Å². The van der Waals surface area contributed by atoms with Crippen molar-refractivity contribution in [3.05, 3.63) is 93.7 Å². The number of benzene rings is 3. The second-order valence-electron chi connectivity index (χ2n) is 7.39. The van der Waals surface area contributed by atoms with E-state index in [9.17, 15) is 14.0 Å². The third kappa shape index (κ3) is 4.87. The van der Waals surface area contributed by atoms with Crippen LogP contribution < -0.4 is 10.2 Å². The SMILES string of the molecule is O=C(Nc1cc(Cl)ccc1N1CCN(C(=O)c2ccccc2F)CC1)c1cccc(Cl)c1. The van der Waals surface area contributed by atoms with Crippen LogP contribution in [-0.2, 0) is 0 Å². The average Bonchev–Trinajstić information content (AvgIpc) is 2.79. The molecule has 0 saturated carbocycles. The average molecular weight is 472 g/mol. The molecule has 1 aliphatic heterocycles. The van der Waals surface area contributed by atoms with E-state index in [2.05, 4.69) is 10.2 Å². The molecule has 0 spiro atoms. The molecule has 32 heavy (non-hydrogen) atoms. The van der Waals surface area contributed by atoms with E-state index in [1.807, 2.05) is 6.07 Å². The van der Waals surface area contributed by atoms with Crippen molar-refractivity contribution in [2.75, 3.05) is 36.4 Å². The summed E-state index contributed by atoms with van der Waals surface area (Å²) in [7, 11) is 0. The van der Waals surface area contributed by atoms with Gasteiger partial charge in [-0.3, -0.25) is 9.59 Å². The molecule has 3 aromatic rings. The van der Waals surface area contributed by atoms with Crippen molar-refractivity contribution in [3.8, 4) is 0 Å². The van der Waals surface area contributed by atoms with E-state index >= 15 is 0 Å². The number of rotatable bonds is 4. The second kappa shape index (κ2) is 9.59. The summed E-state index contributed by atoms with van der Waals surface area (Å²) in [6, 6.07) is 17.9. The van der Waals surface area contributed by atoms with E-state index in [4.69, 9.17) is 23.2 Å². The molecule has 1 saturated heterocycles. The Bertz CT molecular complexity index is 1160. The Morgan fingerprint density at radius 1 is 0.844 bits per heavy atom. The Morgan fingerprint density at radius 3 is 2.28 bits per heavy atom. The van der Waals surface area contributed by atoms with Gasteiger partial charge in [0.1, 0.15) is 5.82 Å². The molecule has 2 amide bonds. The lowest BCUT2D eigenvalue weighted by atomic mass is 10.1. The standard InChI is InChI=1S/C24H20Cl2FN3O2/c25-17-5-3-4-16(14-17)23(31)28-21-15-18(26)8-9-22(21)29-10-12-30(13-11-29)24(32)19-6-1-2-7-20(19)27/h1-9,14-15H,10-13H2,(H,28,31). The van der Waals surface area contributed by atoms with Crippen LogP contribution in [0.15, 0.2) is 66.7 Å². The molecule has 164 valence electrons. The highest BCUT2D eigenvalue weighted by atomic mass is 35.5. The third-order valence-electron chi connectivity index (χ3n) is 5.31. The van der Waals surface area contributed by atoms with E-state index in [1.165, 1.54) is 12.1 Å². The zero-order valence-corrected chi connectivity index (χ0v) is 18.5. The number of halogens is 3. The minimum absolute atomic E-state index is 0.0712. The highest BCUT2D eigenvalue weighted by Gasteiger charge is 2.25. The number of amides is 2. The predicted octanol–water partition coefficient (Wildman–Crippen LogP) is 5.35. The van der Waals surface area contributed by atoms with Gasteiger partial charge in [-0.15, -0.1) is 0 Å². The van der Waals surface area contributed by atoms with Crippen molar-refractivity contribution >= 4 is 46.4 Å². The van der Waals surface area contributed by atoms with Gasteiger partial charge in [0.25, 0.3) is 11.8 Å². The molecule has 4 rings (SSSR count). The fourth-order valence-corrected chi connectivity index (χ4v) is 4.03. The van der Waals surface area contributed by atoms with Crippen LogP contribution in [0, 0.1) is 5.82 Å². The maximum atomic E-state index is 14.0. The quantitative estimate of drug-likeness (QED) is 0.557. The number of hydrogen-bond acceptors (Lipinski definition) is 3. The Kier molecular flexibility index (Phi) is 6.63. The first kappa shape index (κ1) is 22.1. The summed E-state index contributed by atoms with van der Waals surface area (Å²) < 4.78 is 14.0. The Balaban J connectivity index is 1.48. The van der Waals surface area contributed by atoms with Gasteiger partial charge in [0.05, 0.1) is 16.9 Å². The zero-order chi connectivity index (χ0) is 22.7. The molecule has 0 unspecified atom stereocenters. The molecule has 0 aromatic heterocycles. The number of piperazine rings is 1. The topological polar surface area (TPSA) is 52.7 Å². The van der Waals surface area contributed by atoms with Gasteiger partial charge in [0.15, 0.2) is 0 Å². The summed E-state index contributed by atoms with van der Waals surface area (Å²) in [5.41, 5.74) is 1.87. The van der Waals surface area contributed by atoms with Crippen LogP contribution in [-0.4, -0.2) is 42.9 Å². The number of carbonyl (C=O) groups excluding carboxylic acids is 2. The fourth-order valence-electron chi connectivity index (χ4n) is 3.66. The smallest absolute Gasteiger partial charge is 0.256 e. The maximum Gasteiger partial charge on any atom is 0.256 e. The summed E-state index contributed by atoms with van der Waals surface area (Å²) in [6.07, 6.45) is 0. The zero-order valence-electron chi connectivity index (χ0n) is 17.0. The molecule has 0 radical (unpaired) electrons. The van der Waals surface area contributed by atoms with Crippen molar-refractivity contribution in [1.82, 2.24) is 4.90 Å². The lowest BCUT2D eigenvalue weighted by Gasteiger charge is -2.37. The summed E-state index contributed by atoms with van der Waals surface area (Å²) in [4.78, 5) is 29.1. The first-order valence-corrected chi connectivity index (χ1v) is 10.8. The normalized spacial score (nSPS) is 13.7. The van der Waals surface area contributed by atoms with Crippen LogP contribution >= 0.6 is 23.2 Å². The molecular weight excluding hydrogens is 452 g/mol. The van der Waals surface area contributed by atoms with Crippen molar-refractivity contribution < 1.29 is 14.0 Å². The minimum atomic E-state index is -0.524. The Hall–Kier alpha value is -3.09. The van der Waals surface area contributed by atoms with Crippen LogP contribution in [0.1, 0.15) is 20.7 Å². The largest absolute Gasteiger partial charge is 0.366 e. The van der Waals surface area contributed by atoms with Gasteiger partial charge in [0.2, 0.25) is 0 Å². The van der Waals surface area contributed by atoms with Crippen LogP contribution in [0.2, 0.25) is 10.0 Å². The maximum absolute atomic E-state index is 14.0. The molecule has 0 bridgehead atoms. The van der Waals surface area contributed by atoms with Crippen LogP contribution in [0.5, 0.6) is 0 Å². The van der Waals surface area contributed by atoms with E-state index < -0.39 is 5.82 Å². The van der Waals surface area contributed by atoms with E-state index in [0.717, 1.165) is 5.69 Å². The monoisotopic (exact) mass is 471 g/mol. The van der Waals surface area contributed by atoms with Crippen molar-refractivity contribution in [2.45, 2.75) is 0 Å². The van der Waals surface area contributed by atoms with Crippen LogP contribution in [0.25, 0.3) is 0 Å². The van der Waals surface area contributed by atoms with Gasteiger partial charge < -0.3 is 15.1 Å². The molecule has 8 heteroatoms. The molecule has 1 heterocycles. The Morgan fingerprint density at radius 2 is 1.56 bits per heavy atom. The highest BCUT2D eigenvalue weighted by Crippen LogP contribution is 2.31. The molecule has 0 atom stereocenters. The first-order chi connectivity index (χ1) is 15.4. The van der Waals surface area contributed by atoms with E-state index in [0.29, 0.717) is 47.5 Å². The van der Waals surface area contributed by atoms with Gasteiger partial charge in [-0.2, -0.15) is 0 Å². The number of hydrogen-bond donors (Lipinski definition) is 1. The number of nitrogens with zero attached hydrogens (tertiary/aromatic N) is 2. The van der Waals surface area contributed by atoms with Gasteiger partial charge in [-0.05, 0) is 48.5 Å². The summed E-state index contributed by atoms with van der Waals surface area (Å²) >= 11 is 12.2. The lowest BCUT2D eigenvalue weighted by molar-refractivity contribution is 0.0742. The van der Waals surface area contributed by atoms with Gasteiger partial charge in [-0.25, -0.2) is 4.39 Å². The fraction of sp³-hybridized carbons (Fsp3) is 0.167. The predicted molar refractivity (Wildman–Crippen MR) is 125 cm³/mol. The molecule has 1 fully saturated rings. The molecule has 5 nitrogen and oxygen atoms in total. The molecule has 0 aliphatic carbocycles. The second-order valence-corrected chi connectivity index (χ2v) is 8.26. The van der Waals surface area contributed by atoms with Crippen molar-refractivity contribution in [1.29, 1.82) is 0 Å².